The first-order valence-electron chi connectivity index (χ1n) is 9.13. The van der Waals surface area contributed by atoms with Crippen molar-refractivity contribution in [3.05, 3.63) is 95.3 Å². The van der Waals surface area contributed by atoms with E-state index in [0.29, 0.717) is 13.1 Å². The van der Waals surface area contributed by atoms with Gasteiger partial charge in [-0.1, -0.05) is 48.5 Å². The molecule has 0 spiro atoms. The van der Waals surface area contributed by atoms with Gasteiger partial charge in [-0.25, -0.2) is 14.0 Å². The molecule has 3 aromatic carbocycles. The Kier molecular flexibility index (Phi) is 4.99. The van der Waals surface area contributed by atoms with Crippen LogP contribution < -0.4 is 0 Å². The lowest BCUT2D eigenvalue weighted by Gasteiger charge is -2.13. The highest BCUT2D eigenvalue weighted by molar-refractivity contribution is 5.89. The average Bonchev–Trinajstić information content (AvgIpc) is 3.09. The van der Waals surface area contributed by atoms with Gasteiger partial charge in [-0.2, -0.15) is 0 Å². The summed E-state index contributed by atoms with van der Waals surface area (Å²) in [5, 5.41) is 9.13. The number of nitrogens with zero attached hydrogens (tertiary/aromatic N) is 1. The molecule has 5 nitrogen and oxygen atoms in total. The zero-order valence-corrected chi connectivity index (χ0v) is 15.4. The summed E-state index contributed by atoms with van der Waals surface area (Å²) in [7, 11) is 0. The lowest BCUT2D eigenvalue weighted by Crippen LogP contribution is -2.23. The molecule has 1 aliphatic rings. The number of carbonyl (C=O) groups is 2. The maximum Gasteiger partial charge on any atom is 0.410 e. The highest BCUT2D eigenvalue weighted by atomic mass is 19.1. The second kappa shape index (κ2) is 7.75. The van der Waals surface area contributed by atoms with Crippen LogP contribution in [0.15, 0.2) is 72.8 Å². The van der Waals surface area contributed by atoms with Gasteiger partial charge in [0, 0.05) is 6.54 Å². The molecule has 0 radical (unpaired) electrons. The van der Waals surface area contributed by atoms with E-state index in [1.807, 2.05) is 30.3 Å². The van der Waals surface area contributed by atoms with Crippen LogP contribution in [0.25, 0.3) is 11.1 Å². The zero-order valence-electron chi connectivity index (χ0n) is 15.4. The Hall–Kier alpha value is -3.67. The van der Waals surface area contributed by atoms with E-state index in [0.717, 1.165) is 22.3 Å². The van der Waals surface area contributed by atoms with Crippen LogP contribution in [-0.4, -0.2) is 28.6 Å². The fourth-order valence-electron chi connectivity index (χ4n) is 3.34. The number of carboxylic acid groups (broad SMARTS) is 1. The van der Waals surface area contributed by atoms with Crippen molar-refractivity contribution in [2.45, 2.75) is 12.6 Å². The second-order valence-corrected chi connectivity index (χ2v) is 6.89. The monoisotopic (exact) mass is 391 g/mol. The number of ether oxygens (including phenoxy) is 1. The summed E-state index contributed by atoms with van der Waals surface area (Å²) in [6.45, 7) is 0.791. The highest BCUT2D eigenvalue weighted by Gasteiger charge is 2.32. The molecule has 1 aliphatic heterocycles. The van der Waals surface area contributed by atoms with Gasteiger partial charge in [-0.05, 0) is 46.5 Å². The second-order valence-electron chi connectivity index (χ2n) is 6.89. The van der Waals surface area contributed by atoms with Crippen LogP contribution in [0.3, 0.4) is 0 Å². The molecule has 1 N–H and O–H groups in total. The van der Waals surface area contributed by atoms with Crippen molar-refractivity contribution in [3.63, 3.8) is 0 Å². The number of benzene rings is 3. The molecule has 0 bridgehead atoms. The summed E-state index contributed by atoms with van der Waals surface area (Å²) in [6, 6.07) is 20.3. The minimum Gasteiger partial charge on any atom is -0.478 e. The first kappa shape index (κ1) is 18.7. The number of rotatable bonds is 5. The van der Waals surface area contributed by atoms with Gasteiger partial charge in [0.15, 0.2) is 0 Å². The SMILES string of the molecule is O=C(O)c1cccc(-c2ccc(CN3CC(c4ccc(F)cc4)OC3=O)cc2)c1. The van der Waals surface area contributed by atoms with Gasteiger partial charge in [0.1, 0.15) is 11.9 Å². The normalized spacial score (nSPS) is 16.0. The summed E-state index contributed by atoms with van der Waals surface area (Å²) in [5.41, 5.74) is 3.63. The van der Waals surface area contributed by atoms with Gasteiger partial charge >= 0.3 is 12.1 Å². The van der Waals surface area contributed by atoms with Crippen LogP contribution in [0.2, 0.25) is 0 Å². The maximum atomic E-state index is 13.1. The molecule has 0 saturated carbocycles. The van der Waals surface area contributed by atoms with Gasteiger partial charge in [-0.3, -0.25) is 4.90 Å². The first-order chi connectivity index (χ1) is 14.0. The van der Waals surface area contributed by atoms with Crippen molar-refractivity contribution in [2.24, 2.45) is 0 Å². The largest absolute Gasteiger partial charge is 0.478 e. The molecule has 6 heteroatoms. The summed E-state index contributed by atoms with van der Waals surface area (Å²) < 4.78 is 18.5. The van der Waals surface area contributed by atoms with Crippen LogP contribution in [0.1, 0.15) is 27.6 Å². The van der Waals surface area contributed by atoms with E-state index in [2.05, 4.69) is 0 Å². The predicted molar refractivity (Wildman–Crippen MR) is 105 cm³/mol. The number of carbonyl (C=O) groups excluding carboxylic acids is 1. The lowest BCUT2D eigenvalue weighted by atomic mass is 10.0. The van der Waals surface area contributed by atoms with Crippen LogP contribution in [0, 0.1) is 5.82 Å². The molecule has 1 fully saturated rings. The fraction of sp³-hybridized carbons (Fsp3) is 0.130. The molecule has 29 heavy (non-hydrogen) atoms. The smallest absolute Gasteiger partial charge is 0.410 e. The van der Waals surface area contributed by atoms with Crippen LogP contribution in [0.4, 0.5) is 9.18 Å². The van der Waals surface area contributed by atoms with E-state index < -0.39 is 18.2 Å². The van der Waals surface area contributed by atoms with E-state index in [9.17, 15) is 14.0 Å². The molecular weight excluding hydrogens is 373 g/mol. The molecular formula is C23H18FNO4. The summed E-state index contributed by atoms with van der Waals surface area (Å²) in [6.07, 6.45) is -0.821. The maximum absolute atomic E-state index is 13.1. The van der Waals surface area contributed by atoms with Crippen molar-refractivity contribution >= 4 is 12.1 Å². The Balaban J connectivity index is 1.45. The van der Waals surface area contributed by atoms with Crippen molar-refractivity contribution in [2.75, 3.05) is 6.54 Å². The number of hydrogen-bond donors (Lipinski definition) is 1. The number of halogens is 1. The minimum atomic E-state index is -0.966. The van der Waals surface area contributed by atoms with Gasteiger partial charge in [0.05, 0.1) is 12.1 Å². The van der Waals surface area contributed by atoms with Crippen molar-refractivity contribution in [1.82, 2.24) is 4.90 Å². The van der Waals surface area contributed by atoms with E-state index >= 15 is 0 Å². The molecule has 146 valence electrons. The highest BCUT2D eigenvalue weighted by Crippen LogP contribution is 2.28. The van der Waals surface area contributed by atoms with E-state index in [-0.39, 0.29) is 11.4 Å². The Bertz CT molecular complexity index is 1050. The van der Waals surface area contributed by atoms with Gasteiger partial charge < -0.3 is 9.84 Å². The quantitative estimate of drug-likeness (QED) is 0.673. The molecule has 0 aliphatic carbocycles. The molecule has 3 aromatic rings. The van der Waals surface area contributed by atoms with Crippen molar-refractivity contribution < 1.29 is 23.8 Å². The Morgan fingerprint density at radius 3 is 2.45 bits per heavy atom. The summed E-state index contributed by atoms with van der Waals surface area (Å²) in [5.74, 6) is -1.30. The topological polar surface area (TPSA) is 66.8 Å². The molecule has 1 unspecified atom stereocenters. The average molecular weight is 391 g/mol. The van der Waals surface area contributed by atoms with E-state index in [1.165, 1.54) is 12.1 Å². The third-order valence-electron chi connectivity index (χ3n) is 4.90. The third kappa shape index (κ3) is 4.11. The molecule has 1 amide bonds. The number of amides is 1. The van der Waals surface area contributed by atoms with Gasteiger partial charge in [-0.15, -0.1) is 0 Å². The minimum absolute atomic E-state index is 0.234. The first-order valence-corrected chi connectivity index (χ1v) is 9.13. The molecule has 1 heterocycles. The van der Waals surface area contributed by atoms with Crippen LogP contribution >= 0.6 is 0 Å². The third-order valence-corrected chi connectivity index (χ3v) is 4.90. The number of aromatic carboxylic acids is 1. The van der Waals surface area contributed by atoms with Crippen LogP contribution in [0.5, 0.6) is 0 Å². The van der Waals surface area contributed by atoms with E-state index in [4.69, 9.17) is 9.84 Å². The summed E-state index contributed by atoms with van der Waals surface area (Å²) in [4.78, 5) is 24.9. The standard InChI is InChI=1S/C23H18FNO4/c24-20-10-8-17(9-11-20)21-14-25(23(28)29-21)13-15-4-6-16(7-5-15)18-2-1-3-19(12-18)22(26)27/h1-12,21H,13-14H2,(H,26,27). The Morgan fingerprint density at radius 2 is 1.76 bits per heavy atom. The van der Waals surface area contributed by atoms with Gasteiger partial charge in [0.25, 0.3) is 0 Å². The number of carboxylic acids is 1. The van der Waals surface area contributed by atoms with Gasteiger partial charge in [0.2, 0.25) is 0 Å². The zero-order chi connectivity index (χ0) is 20.4. The number of cyclic esters (lactones) is 1. The molecule has 1 saturated heterocycles. The molecule has 0 aromatic heterocycles. The Morgan fingerprint density at radius 1 is 1.03 bits per heavy atom. The predicted octanol–water partition coefficient (Wildman–Crippen LogP) is 4.88. The fourth-order valence-corrected chi connectivity index (χ4v) is 3.34. The lowest BCUT2D eigenvalue weighted by molar-refractivity contribution is 0.0697. The molecule has 1 atom stereocenters. The van der Waals surface area contributed by atoms with Crippen molar-refractivity contribution in [1.29, 1.82) is 0 Å². The number of hydrogen-bond acceptors (Lipinski definition) is 3. The van der Waals surface area contributed by atoms with Crippen LogP contribution in [-0.2, 0) is 11.3 Å². The Labute approximate surface area is 167 Å². The molecule has 4 rings (SSSR count). The van der Waals surface area contributed by atoms with Crippen molar-refractivity contribution in [3.8, 4) is 11.1 Å². The van der Waals surface area contributed by atoms with E-state index in [1.54, 1.807) is 35.2 Å². The summed E-state index contributed by atoms with van der Waals surface area (Å²) >= 11 is 0.